The molecular formula is C25H27N5O. The molecule has 0 bridgehead atoms. The van der Waals surface area contributed by atoms with Crippen LogP contribution in [-0.4, -0.2) is 41.5 Å². The SMILES string of the molecule is CN(C)CCn1nc(/C=N/Nc2ccccc2)c2c(OCc3ccccc3)cccc21. The molecule has 4 rings (SSSR count). The monoisotopic (exact) mass is 413 g/mol. The second kappa shape index (κ2) is 9.91. The van der Waals surface area contributed by atoms with Crippen LogP contribution in [-0.2, 0) is 13.2 Å². The summed E-state index contributed by atoms with van der Waals surface area (Å²) < 4.78 is 8.23. The van der Waals surface area contributed by atoms with Crippen LogP contribution < -0.4 is 10.2 Å². The Bertz CT molecular complexity index is 1140. The Morgan fingerprint density at radius 1 is 0.968 bits per heavy atom. The zero-order chi connectivity index (χ0) is 21.5. The summed E-state index contributed by atoms with van der Waals surface area (Å²) in [5.74, 6) is 0.804. The first-order chi connectivity index (χ1) is 15.2. The summed E-state index contributed by atoms with van der Waals surface area (Å²) in [5.41, 5.74) is 6.93. The molecule has 6 heteroatoms. The van der Waals surface area contributed by atoms with Gasteiger partial charge in [0, 0.05) is 6.54 Å². The molecule has 4 aromatic rings. The van der Waals surface area contributed by atoms with Gasteiger partial charge in [-0.25, -0.2) is 0 Å². The number of rotatable bonds is 9. The molecule has 0 spiro atoms. The third kappa shape index (κ3) is 5.29. The van der Waals surface area contributed by atoms with Crippen LogP contribution in [0.25, 0.3) is 10.9 Å². The summed E-state index contributed by atoms with van der Waals surface area (Å²) in [4.78, 5) is 2.15. The van der Waals surface area contributed by atoms with E-state index in [0.29, 0.717) is 6.61 Å². The van der Waals surface area contributed by atoms with E-state index in [0.717, 1.165) is 46.7 Å². The van der Waals surface area contributed by atoms with Crippen molar-refractivity contribution in [2.75, 3.05) is 26.1 Å². The van der Waals surface area contributed by atoms with E-state index in [1.54, 1.807) is 6.21 Å². The van der Waals surface area contributed by atoms with E-state index in [1.807, 2.05) is 65.3 Å². The molecule has 1 heterocycles. The van der Waals surface area contributed by atoms with Crippen molar-refractivity contribution in [2.24, 2.45) is 5.10 Å². The number of hydrogen-bond donors (Lipinski definition) is 1. The fourth-order valence-electron chi connectivity index (χ4n) is 3.32. The Morgan fingerprint density at radius 3 is 2.45 bits per heavy atom. The van der Waals surface area contributed by atoms with Gasteiger partial charge in [-0.2, -0.15) is 10.2 Å². The summed E-state index contributed by atoms with van der Waals surface area (Å²) >= 11 is 0. The van der Waals surface area contributed by atoms with Gasteiger partial charge >= 0.3 is 0 Å². The van der Waals surface area contributed by atoms with Gasteiger partial charge in [-0.3, -0.25) is 10.1 Å². The van der Waals surface area contributed by atoms with Gasteiger partial charge in [0.05, 0.1) is 29.3 Å². The van der Waals surface area contributed by atoms with Crippen LogP contribution in [0.1, 0.15) is 11.3 Å². The fourth-order valence-corrected chi connectivity index (χ4v) is 3.32. The maximum atomic E-state index is 6.20. The Balaban J connectivity index is 1.64. The molecule has 0 aliphatic rings. The Kier molecular flexibility index (Phi) is 6.59. The largest absolute Gasteiger partial charge is 0.488 e. The van der Waals surface area contributed by atoms with E-state index in [4.69, 9.17) is 9.84 Å². The van der Waals surface area contributed by atoms with Crippen molar-refractivity contribution in [3.8, 4) is 5.75 Å². The normalized spacial score (nSPS) is 11.5. The quantitative estimate of drug-likeness (QED) is 0.321. The maximum absolute atomic E-state index is 6.20. The number of benzene rings is 3. The average molecular weight is 414 g/mol. The maximum Gasteiger partial charge on any atom is 0.131 e. The minimum Gasteiger partial charge on any atom is -0.488 e. The molecule has 6 nitrogen and oxygen atoms in total. The molecule has 1 N–H and O–H groups in total. The lowest BCUT2D eigenvalue weighted by molar-refractivity contribution is 0.310. The van der Waals surface area contributed by atoms with Gasteiger partial charge in [-0.15, -0.1) is 0 Å². The van der Waals surface area contributed by atoms with Crippen molar-refractivity contribution < 1.29 is 4.74 Å². The predicted molar refractivity (Wildman–Crippen MR) is 127 cm³/mol. The average Bonchev–Trinajstić information content (AvgIpc) is 3.16. The molecule has 0 saturated heterocycles. The number of ether oxygens (including phenoxy) is 1. The predicted octanol–water partition coefficient (Wildman–Crippen LogP) is 4.62. The highest BCUT2D eigenvalue weighted by Crippen LogP contribution is 2.29. The number of para-hydroxylation sites is 1. The second-order valence-electron chi connectivity index (χ2n) is 7.57. The van der Waals surface area contributed by atoms with Gasteiger partial charge in [0.2, 0.25) is 0 Å². The van der Waals surface area contributed by atoms with E-state index >= 15 is 0 Å². The van der Waals surface area contributed by atoms with Crippen LogP contribution in [0.5, 0.6) is 5.75 Å². The number of nitrogens with zero attached hydrogens (tertiary/aromatic N) is 4. The van der Waals surface area contributed by atoms with Crippen molar-refractivity contribution in [1.29, 1.82) is 0 Å². The number of fused-ring (bicyclic) bond motifs is 1. The Morgan fingerprint density at radius 2 is 1.71 bits per heavy atom. The third-order valence-electron chi connectivity index (χ3n) is 4.92. The summed E-state index contributed by atoms with van der Waals surface area (Å²) in [7, 11) is 4.12. The van der Waals surface area contributed by atoms with E-state index in [9.17, 15) is 0 Å². The zero-order valence-corrected chi connectivity index (χ0v) is 17.9. The first kappa shape index (κ1) is 20.6. The van der Waals surface area contributed by atoms with Crippen molar-refractivity contribution in [2.45, 2.75) is 13.2 Å². The van der Waals surface area contributed by atoms with Crippen molar-refractivity contribution in [3.05, 3.63) is 90.1 Å². The van der Waals surface area contributed by atoms with Crippen LogP contribution in [0.2, 0.25) is 0 Å². The lowest BCUT2D eigenvalue weighted by Gasteiger charge is -2.11. The van der Waals surface area contributed by atoms with Gasteiger partial charge in [0.15, 0.2) is 0 Å². The van der Waals surface area contributed by atoms with Gasteiger partial charge < -0.3 is 9.64 Å². The van der Waals surface area contributed by atoms with E-state index in [-0.39, 0.29) is 0 Å². The van der Waals surface area contributed by atoms with Crippen LogP contribution in [0.15, 0.2) is 84.0 Å². The van der Waals surface area contributed by atoms with Crippen LogP contribution >= 0.6 is 0 Å². The highest BCUT2D eigenvalue weighted by molar-refractivity contribution is 6.00. The van der Waals surface area contributed by atoms with Gasteiger partial charge in [0.1, 0.15) is 18.1 Å². The zero-order valence-electron chi connectivity index (χ0n) is 17.9. The van der Waals surface area contributed by atoms with Crippen molar-refractivity contribution >= 4 is 22.8 Å². The fraction of sp³-hybridized carbons (Fsp3) is 0.200. The summed E-state index contributed by atoms with van der Waals surface area (Å²) in [6, 6.07) is 26.1. The topological polar surface area (TPSA) is 54.7 Å². The van der Waals surface area contributed by atoms with Crippen LogP contribution in [0.4, 0.5) is 5.69 Å². The van der Waals surface area contributed by atoms with E-state index in [2.05, 4.69) is 47.7 Å². The van der Waals surface area contributed by atoms with Gasteiger partial charge in [0.25, 0.3) is 0 Å². The summed E-state index contributed by atoms with van der Waals surface area (Å²) in [6.45, 7) is 2.18. The van der Waals surface area contributed by atoms with Gasteiger partial charge in [-0.05, 0) is 43.9 Å². The molecule has 1 aromatic heterocycles. The number of aromatic nitrogens is 2. The van der Waals surface area contributed by atoms with Crippen LogP contribution in [0, 0.1) is 0 Å². The first-order valence-corrected chi connectivity index (χ1v) is 10.4. The minimum atomic E-state index is 0.502. The highest BCUT2D eigenvalue weighted by Gasteiger charge is 2.14. The number of hydrogen-bond acceptors (Lipinski definition) is 5. The molecule has 0 aliphatic heterocycles. The van der Waals surface area contributed by atoms with E-state index in [1.165, 1.54) is 0 Å². The highest BCUT2D eigenvalue weighted by atomic mass is 16.5. The molecule has 0 saturated carbocycles. The molecular weight excluding hydrogens is 386 g/mol. The smallest absolute Gasteiger partial charge is 0.131 e. The molecule has 0 fully saturated rings. The number of nitrogens with one attached hydrogen (secondary N) is 1. The van der Waals surface area contributed by atoms with Crippen molar-refractivity contribution in [1.82, 2.24) is 14.7 Å². The number of hydrazone groups is 1. The Hall–Kier alpha value is -3.64. The van der Waals surface area contributed by atoms with Crippen LogP contribution in [0.3, 0.4) is 0 Å². The minimum absolute atomic E-state index is 0.502. The summed E-state index contributed by atoms with van der Waals surface area (Å²) in [5, 5.41) is 10.2. The Labute approximate surface area is 182 Å². The summed E-state index contributed by atoms with van der Waals surface area (Å²) in [6.07, 6.45) is 1.76. The second-order valence-corrected chi connectivity index (χ2v) is 7.57. The number of anilines is 1. The molecule has 0 aliphatic carbocycles. The lowest BCUT2D eigenvalue weighted by Crippen LogP contribution is -2.19. The lowest BCUT2D eigenvalue weighted by atomic mass is 10.2. The molecule has 0 unspecified atom stereocenters. The van der Waals surface area contributed by atoms with Crippen molar-refractivity contribution in [3.63, 3.8) is 0 Å². The molecule has 0 amide bonds. The third-order valence-corrected chi connectivity index (χ3v) is 4.92. The number of likely N-dealkylation sites (N-methyl/N-ethyl adjacent to an activating group) is 1. The molecule has 158 valence electrons. The molecule has 0 radical (unpaired) electrons. The molecule has 31 heavy (non-hydrogen) atoms. The van der Waals surface area contributed by atoms with E-state index < -0.39 is 0 Å². The molecule has 3 aromatic carbocycles. The standard InChI is InChI=1S/C25H27N5O/c1-29(2)16-17-30-23-14-9-15-24(31-19-20-10-5-3-6-11-20)25(23)22(28-30)18-26-27-21-12-7-4-8-13-21/h3-15,18,27H,16-17,19H2,1-2H3/b26-18+. The molecule has 0 atom stereocenters. The van der Waals surface area contributed by atoms with Gasteiger partial charge in [-0.1, -0.05) is 54.6 Å². The first-order valence-electron chi connectivity index (χ1n) is 10.4.